The zero-order valence-corrected chi connectivity index (χ0v) is 9.74. The van der Waals surface area contributed by atoms with Crippen LogP contribution in [-0.2, 0) is 0 Å². The fourth-order valence-corrected chi connectivity index (χ4v) is 1.52. The van der Waals surface area contributed by atoms with Crippen LogP contribution in [0.5, 0.6) is 5.75 Å². The third kappa shape index (κ3) is 2.90. The number of alkyl halides is 1. The molecule has 0 aromatic heterocycles. The Bertz CT molecular complexity index is 332. The quantitative estimate of drug-likeness (QED) is 0.823. The van der Waals surface area contributed by atoms with Gasteiger partial charge in [-0.15, -0.1) is 0 Å². The van der Waals surface area contributed by atoms with Crippen molar-refractivity contribution in [1.29, 1.82) is 0 Å². The minimum atomic E-state index is -1.24. The average Bonchev–Trinajstić information content (AvgIpc) is 2.26. The highest BCUT2D eigenvalue weighted by Crippen LogP contribution is 2.24. The molecule has 0 spiro atoms. The molecule has 1 rings (SSSR count). The number of rotatable bonds is 4. The molecule has 2 atom stereocenters. The first kappa shape index (κ1) is 12.4. The van der Waals surface area contributed by atoms with Crippen molar-refractivity contribution in [2.24, 2.45) is 0 Å². The Morgan fingerprint density at radius 3 is 2.60 bits per heavy atom. The summed E-state index contributed by atoms with van der Waals surface area (Å²) in [5.74, 6) is -0.223. The predicted molar refractivity (Wildman–Crippen MR) is 57.7 cm³/mol. The van der Waals surface area contributed by atoms with E-state index in [1.807, 2.05) is 0 Å². The number of hydrogen-bond donors (Lipinski definition) is 2. The Kier molecular flexibility index (Phi) is 4.50. The number of hydrogen-bond acceptors (Lipinski definition) is 3. The molecule has 0 bridgehead atoms. The van der Waals surface area contributed by atoms with Crippen LogP contribution in [0.3, 0.4) is 0 Å². The van der Waals surface area contributed by atoms with Gasteiger partial charge in [-0.25, -0.2) is 4.39 Å². The maximum atomic E-state index is 13.4. The van der Waals surface area contributed by atoms with E-state index in [-0.39, 0.29) is 10.9 Å². The predicted octanol–water partition coefficient (Wildman–Crippen LogP) is 1.62. The minimum absolute atomic E-state index is 0.0581. The average molecular weight is 279 g/mol. The molecule has 1 aromatic rings. The molecule has 15 heavy (non-hydrogen) atoms. The maximum absolute atomic E-state index is 13.4. The fraction of sp³-hybridized carbons (Fsp3) is 0.400. The van der Waals surface area contributed by atoms with E-state index in [0.29, 0.717) is 5.75 Å². The summed E-state index contributed by atoms with van der Waals surface area (Å²) in [6, 6.07) is 4.09. The number of halogens is 2. The molecule has 5 heteroatoms. The molecule has 1 aromatic carbocycles. The Morgan fingerprint density at radius 2 is 2.13 bits per heavy atom. The smallest absolute Gasteiger partial charge is 0.132 e. The van der Waals surface area contributed by atoms with Gasteiger partial charge >= 0.3 is 0 Å². The number of methoxy groups -OCH3 is 1. The molecule has 0 heterocycles. The van der Waals surface area contributed by atoms with Crippen molar-refractivity contribution in [1.82, 2.24) is 0 Å². The van der Waals surface area contributed by atoms with Gasteiger partial charge in [-0.3, -0.25) is 0 Å². The highest BCUT2D eigenvalue weighted by atomic mass is 79.9. The first-order valence-corrected chi connectivity index (χ1v) is 5.47. The van der Waals surface area contributed by atoms with Crippen LogP contribution >= 0.6 is 15.9 Å². The molecule has 3 nitrogen and oxygen atoms in total. The Labute approximate surface area is 95.6 Å². The molecule has 0 aliphatic heterocycles. The Balaban J connectivity index is 2.95. The van der Waals surface area contributed by atoms with Gasteiger partial charge in [-0.1, -0.05) is 15.9 Å². The van der Waals surface area contributed by atoms with Gasteiger partial charge in [0.25, 0.3) is 0 Å². The van der Waals surface area contributed by atoms with E-state index in [1.165, 1.54) is 25.3 Å². The molecule has 0 amide bonds. The first-order valence-electron chi connectivity index (χ1n) is 4.35. The van der Waals surface area contributed by atoms with E-state index in [1.54, 1.807) is 0 Å². The standard InChI is InChI=1S/C10H12BrFO3/c1-15-6-2-3-7(8(12)4-6)10(14)9(13)5-11/h2-4,9-10,13-14H,5H2,1H3. The zero-order chi connectivity index (χ0) is 11.4. The van der Waals surface area contributed by atoms with E-state index in [2.05, 4.69) is 15.9 Å². The van der Waals surface area contributed by atoms with E-state index in [0.717, 1.165) is 0 Å². The lowest BCUT2D eigenvalue weighted by atomic mass is 10.0. The molecule has 2 unspecified atom stereocenters. The summed E-state index contributed by atoms with van der Waals surface area (Å²) in [5.41, 5.74) is 0.0581. The van der Waals surface area contributed by atoms with Crippen LogP contribution in [0.2, 0.25) is 0 Å². The van der Waals surface area contributed by atoms with Gasteiger partial charge in [-0.05, 0) is 12.1 Å². The van der Waals surface area contributed by atoms with Crippen LogP contribution in [0, 0.1) is 5.82 Å². The molecule has 84 valence electrons. The topological polar surface area (TPSA) is 49.7 Å². The second-order valence-electron chi connectivity index (χ2n) is 3.05. The van der Waals surface area contributed by atoms with Gasteiger partial charge in [0.05, 0.1) is 13.2 Å². The number of aliphatic hydroxyl groups is 2. The third-order valence-corrected chi connectivity index (χ3v) is 2.71. The van der Waals surface area contributed by atoms with Crippen LogP contribution in [0.4, 0.5) is 4.39 Å². The van der Waals surface area contributed by atoms with Crippen LogP contribution < -0.4 is 4.74 Å². The first-order chi connectivity index (χ1) is 7.10. The fourth-order valence-electron chi connectivity index (χ4n) is 1.17. The van der Waals surface area contributed by atoms with E-state index >= 15 is 0 Å². The second kappa shape index (κ2) is 5.44. The van der Waals surface area contributed by atoms with Gasteiger partial charge in [-0.2, -0.15) is 0 Å². The van der Waals surface area contributed by atoms with Gasteiger partial charge in [0.15, 0.2) is 0 Å². The largest absolute Gasteiger partial charge is 0.497 e. The molecule has 0 radical (unpaired) electrons. The Morgan fingerprint density at radius 1 is 1.47 bits per heavy atom. The van der Waals surface area contributed by atoms with Crippen LogP contribution in [0.25, 0.3) is 0 Å². The normalized spacial score (nSPS) is 14.7. The van der Waals surface area contributed by atoms with Gasteiger partial charge in [0.1, 0.15) is 17.7 Å². The van der Waals surface area contributed by atoms with Gasteiger partial charge in [0, 0.05) is 17.0 Å². The summed E-state index contributed by atoms with van der Waals surface area (Å²) in [6.07, 6.45) is -2.27. The molecular weight excluding hydrogens is 267 g/mol. The summed E-state index contributed by atoms with van der Waals surface area (Å²) in [4.78, 5) is 0. The van der Waals surface area contributed by atoms with Crippen LogP contribution in [-0.4, -0.2) is 28.8 Å². The van der Waals surface area contributed by atoms with E-state index < -0.39 is 18.0 Å². The van der Waals surface area contributed by atoms with Crippen molar-refractivity contribution in [3.8, 4) is 5.75 Å². The summed E-state index contributed by atoms with van der Waals surface area (Å²) in [6.45, 7) is 0. The van der Waals surface area contributed by atoms with Crippen molar-refractivity contribution in [3.05, 3.63) is 29.6 Å². The van der Waals surface area contributed by atoms with Crippen LogP contribution in [0.1, 0.15) is 11.7 Å². The molecule has 0 aliphatic rings. The SMILES string of the molecule is COc1ccc(C(O)C(O)CBr)c(F)c1. The Hall–Kier alpha value is -0.650. The molecule has 0 fully saturated rings. The minimum Gasteiger partial charge on any atom is -0.497 e. The molecular formula is C10H12BrFO3. The van der Waals surface area contributed by atoms with Crippen molar-refractivity contribution in [2.75, 3.05) is 12.4 Å². The molecule has 0 saturated heterocycles. The lowest BCUT2D eigenvalue weighted by Crippen LogP contribution is -2.20. The lowest BCUT2D eigenvalue weighted by molar-refractivity contribution is 0.0319. The zero-order valence-electron chi connectivity index (χ0n) is 8.15. The number of benzene rings is 1. The van der Waals surface area contributed by atoms with Crippen molar-refractivity contribution < 1.29 is 19.3 Å². The van der Waals surface area contributed by atoms with E-state index in [9.17, 15) is 14.6 Å². The van der Waals surface area contributed by atoms with Crippen molar-refractivity contribution in [2.45, 2.75) is 12.2 Å². The third-order valence-electron chi connectivity index (χ3n) is 2.05. The molecule has 0 aliphatic carbocycles. The monoisotopic (exact) mass is 278 g/mol. The van der Waals surface area contributed by atoms with Crippen molar-refractivity contribution in [3.63, 3.8) is 0 Å². The van der Waals surface area contributed by atoms with Crippen molar-refractivity contribution >= 4 is 15.9 Å². The molecule has 0 saturated carbocycles. The summed E-state index contributed by atoms with van der Waals surface area (Å²) < 4.78 is 18.2. The summed E-state index contributed by atoms with van der Waals surface area (Å²) >= 11 is 3.01. The maximum Gasteiger partial charge on any atom is 0.132 e. The van der Waals surface area contributed by atoms with E-state index in [4.69, 9.17) is 4.74 Å². The van der Waals surface area contributed by atoms with Gasteiger partial charge < -0.3 is 14.9 Å². The molecule has 2 N–H and O–H groups in total. The lowest BCUT2D eigenvalue weighted by Gasteiger charge is -2.16. The second-order valence-corrected chi connectivity index (χ2v) is 3.70. The number of aliphatic hydroxyl groups excluding tert-OH is 2. The summed E-state index contributed by atoms with van der Waals surface area (Å²) in [7, 11) is 1.43. The number of ether oxygens (including phenoxy) is 1. The van der Waals surface area contributed by atoms with Crippen LogP contribution in [0.15, 0.2) is 18.2 Å². The highest BCUT2D eigenvalue weighted by molar-refractivity contribution is 9.09. The highest BCUT2D eigenvalue weighted by Gasteiger charge is 2.20. The summed E-state index contributed by atoms with van der Waals surface area (Å²) in [5, 5.41) is 19.1. The van der Waals surface area contributed by atoms with Gasteiger partial charge in [0.2, 0.25) is 0 Å².